The first kappa shape index (κ1) is 15.8. The standard InChI is InChI=1S/C17H26N2O2/c1-5-18-6-8-19(9-7-18)17(20)12-21-16-11-14(3)13(2)10-15(16)4/h10-11H,5-9,12H2,1-4H3. The van der Waals surface area contributed by atoms with Crippen LogP contribution in [0.1, 0.15) is 23.6 Å². The molecule has 1 aliphatic heterocycles. The monoisotopic (exact) mass is 290 g/mol. The Kier molecular flexibility index (Phi) is 5.23. The molecule has 1 heterocycles. The molecular weight excluding hydrogens is 264 g/mol. The molecule has 0 unspecified atom stereocenters. The molecule has 4 heteroatoms. The van der Waals surface area contributed by atoms with Gasteiger partial charge in [-0.25, -0.2) is 0 Å². The molecule has 4 nitrogen and oxygen atoms in total. The summed E-state index contributed by atoms with van der Waals surface area (Å²) in [6.07, 6.45) is 0. The number of ether oxygens (including phenoxy) is 1. The molecule has 0 atom stereocenters. The third-order valence-electron chi connectivity index (χ3n) is 4.31. The lowest BCUT2D eigenvalue weighted by Crippen LogP contribution is -2.49. The van der Waals surface area contributed by atoms with Crippen molar-refractivity contribution < 1.29 is 9.53 Å². The summed E-state index contributed by atoms with van der Waals surface area (Å²) in [6.45, 7) is 13.1. The molecule has 0 saturated carbocycles. The van der Waals surface area contributed by atoms with Crippen molar-refractivity contribution in [1.29, 1.82) is 0 Å². The largest absolute Gasteiger partial charge is 0.483 e. The molecule has 0 radical (unpaired) electrons. The number of hydrogen-bond donors (Lipinski definition) is 0. The highest BCUT2D eigenvalue weighted by molar-refractivity contribution is 5.78. The van der Waals surface area contributed by atoms with Crippen LogP contribution in [0.25, 0.3) is 0 Å². The van der Waals surface area contributed by atoms with Crippen LogP contribution in [0.4, 0.5) is 0 Å². The van der Waals surface area contributed by atoms with Crippen LogP contribution in [0.3, 0.4) is 0 Å². The number of rotatable bonds is 4. The molecule has 116 valence electrons. The average Bonchev–Trinajstić information content (AvgIpc) is 2.49. The van der Waals surface area contributed by atoms with Crippen LogP contribution in [0.5, 0.6) is 5.75 Å². The molecular formula is C17H26N2O2. The fraction of sp³-hybridized carbons (Fsp3) is 0.588. The highest BCUT2D eigenvalue weighted by atomic mass is 16.5. The summed E-state index contributed by atoms with van der Waals surface area (Å²) in [6, 6.07) is 4.13. The maximum atomic E-state index is 12.2. The molecule has 1 aliphatic rings. The van der Waals surface area contributed by atoms with Gasteiger partial charge in [-0.1, -0.05) is 13.0 Å². The normalized spacial score (nSPS) is 16.1. The van der Waals surface area contributed by atoms with Crippen LogP contribution in [0.2, 0.25) is 0 Å². The van der Waals surface area contributed by atoms with E-state index in [1.54, 1.807) is 0 Å². The maximum Gasteiger partial charge on any atom is 0.260 e. The van der Waals surface area contributed by atoms with Gasteiger partial charge in [0.2, 0.25) is 0 Å². The number of carbonyl (C=O) groups is 1. The van der Waals surface area contributed by atoms with E-state index in [-0.39, 0.29) is 12.5 Å². The number of likely N-dealkylation sites (N-methyl/N-ethyl adjacent to an activating group) is 1. The van der Waals surface area contributed by atoms with Gasteiger partial charge in [-0.3, -0.25) is 4.79 Å². The predicted molar refractivity (Wildman–Crippen MR) is 84.8 cm³/mol. The van der Waals surface area contributed by atoms with Crippen molar-refractivity contribution in [2.45, 2.75) is 27.7 Å². The van der Waals surface area contributed by atoms with Crippen molar-refractivity contribution >= 4 is 5.91 Å². The summed E-state index contributed by atoms with van der Waals surface area (Å²) in [4.78, 5) is 16.5. The van der Waals surface area contributed by atoms with E-state index in [1.807, 2.05) is 17.9 Å². The molecule has 1 aromatic carbocycles. The van der Waals surface area contributed by atoms with E-state index >= 15 is 0 Å². The minimum atomic E-state index is 0.0865. The van der Waals surface area contributed by atoms with Gasteiger partial charge >= 0.3 is 0 Å². The van der Waals surface area contributed by atoms with E-state index < -0.39 is 0 Å². The van der Waals surface area contributed by atoms with Gasteiger partial charge < -0.3 is 14.5 Å². The summed E-state index contributed by atoms with van der Waals surface area (Å²) in [5.41, 5.74) is 3.53. The van der Waals surface area contributed by atoms with Gasteiger partial charge in [-0.05, 0) is 50.1 Å². The van der Waals surface area contributed by atoms with Crippen molar-refractivity contribution in [2.24, 2.45) is 0 Å². The quantitative estimate of drug-likeness (QED) is 0.852. The average molecular weight is 290 g/mol. The summed E-state index contributed by atoms with van der Waals surface area (Å²) in [7, 11) is 0. The lowest BCUT2D eigenvalue weighted by Gasteiger charge is -2.34. The molecule has 1 fully saturated rings. The van der Waals surface area contributed by atoms with E-state index in [9.17, 15) is 4.79 Å². The summed E-state index contributed by atoms with van der Waals surface area (Å²) in [5.74, 6) is 0.905. The third kappa shape index (κ3) is 3.97. The third-order valence-corrected chi connectivity index (χ3v) is 4.31. The van der Waals surface area contributed by atoms with E-state index in [2.05, 4.69) is 31.7 Å². The van der Waals surface area contributed by atoms with Crippen LogP contribution in [-0.2, 0) is 4.79 Å². The topological polar surface area (TPSA) is 32.8 Å². The zero-order chi connectivity index (χ0) is 15.4. The van der Waals surface area contributed by atoms with Gasteiger partial charge in [0.15, 0.2) is 6.61 Å². The first-order valence-corrected chi connectivity index (χ1v) is 7.72. The van der Waals surface area contributed by atoms with Gasteiger partial charge in [0.1, 0.15) is 5.75 Å². The van der Waals surface area contributed by atoms with E-state index in [0.29, 0.717) is 0 Å². The summed E-state index contributed by atoms with van der Waals surface area (Å²) >= 11 is 0. The van der Waals surface area contributed by atoms with Gasteiger partial charge in [0.25, 0.3) is 5.91 Å². The van der Waals surface area contributed by atoms with E-state index in [4.69, 9.17) is 4.74 Å². The Labute approximate surface area is 127 Å². The van der Waals surface area contributed by atoms with Crippen molar-refractivity contribution in [3.63, 3.8) is 0 Å². The summed E-state index contributed by atoms with van der Waals surface area (Å²) < 4.78 is 5.74. The molecule has 1 aromatic rings. The molecule has 2 rings (SSSR count). The SMILES string of the molecule is CCN1CCN(C(=O)COc2cc(C)c(C)cc2C)CC1. The Morgan fingerprint density at radius 1 is 1.05 bits per heavy atom. The number of amides is 1. The second-order valence-corrected chi connectivity index (χ2v) is 5.81. The summed E-state index contributed by atoms with van der Waals surface area (Å²) in [5, 5.41) is 0. The van der Waals surface area contributed by atoms with Crippen LogP contribution in [-0.4, -0.2) is 55.0 Å². The number of aryl methyl sites for hydroxylation is 3. The number of carbonyl (C=O) groups excluding carboxylic acids is 1. The Bertz CT molecular complexity index is 506. The highest BCUT2D eigenvalue weighted by Crippen LogP contribution is 2.22. The lowest BCUT2D eigenvalue weighted by molar-refractivity contribution is -0.135. The van der Waals surface area contributed by atoms with Gasteiger partial charge in [0, 0.05) is 26.2 Å². The van der Waals surface area contributed by atoms with Crippen LogP contribution < -0.4 is 4.74 Å². The van der Waals surface area contributed by atoms with Crippen molar-refractivity contribution in [3.05, 3.63) is 28.8 Å². The first-order chi connectivity index (χ1) is 10.0. The molecule has 1 amide bonds. The van der Waals surface area contributed by atoms with Crippen LogP contribution in [0.15, 0.2) is 12.1 Å². The van der Waals surface area contributed by atoms with Crippen molar-refractivity contribution in [3.8, 4) is 5.75 Å². The molecule has 0 N–H and O–H groups in total. The van der Waals surface area contributed by atoms with Crippen LogP contribution >= 0.6 is 0 Å². The van der Waals surface area contributed by atoms with Gasteiger partial charge in [-0.15, -0.1) is 0 Å². The first-order valence-electron chi connectivity index (χ1n) is 7.72. The Hall–Kier alpha value is -1.55. The highest BCUT2D eigenvalue weighted by Gasteiger charge is 2.20. The van der Waals surface area contributed by atoms with Crippen molar-refractivity contribution in [2.75, 3.05) is 39.3 Å². The van der Waals surface area contributed by atoms with Gasteiger partial charge in [-0.2, -0.15) is 0 Å². The molecule has 0 aliphatic carbocycles. The molecule has 0 aromatic heterocycles. The van der Waals surface area contributed by atoms with Crippen LogP contribution in [0, 0.1) is 20.8 Å². The van der Waals surface area contributed by atoms with Gasteiger partial charge in [0.05, 0.1) is 0 Å². The number of nitrogens with zero attached hydrogens (tertiary/aromatic N) is 2. The predicted octanol–water partition coefficient (Wildman–Crippen LogP) is 2.15. The smallest absolute Gasteiger partial charge is 0.260 e. The molecule has 0 spiro atoms. The second kappa shape index (κ2) is 6.94. The Morgan fingerprint density at radius 2 is 1.67 bits per heavy atom. The Balaban J connectivity index is 1.88. The fourth-order valence-corrected chi connectivity index (χ4v) is 2.63. The Morgan fingerprint density at radius 3 is 2.29 bits per heavy atom. The molecule has 0 bridgehead atoms. The van der Waals surface area contributed by atoms with Crippen molar-refractivity contribution in [1.82, 2.24) is 9.80 Å². The minimum absolute atomic E-state index is 0.0865. The maximum absolute atomic E-state index is 12.2. The molecule has 1 saturated heterocycles. The zero-order valence-corrected chi connectivity index (χ0v) is 13.6. The second-order valence-electron chi connectivity index (χ2n) is 5.81. The number of hydrogen-bond acceptors (Lipinski definition) is 3. The lowest BCUT2D eigenvalue weighted by atomic mass is 10.1. The molecule has 21 heavy (non-hydrogen) atoms. The van der Waals surface area contributed by atoms with E-state index in [1.165, 1.54) is 11.1 Å². The minimum Gasteiger partial charge on any atom is -0.483 e. The fourth-order valence-electron chi connectivity index (χ4n) is 2.63. The number of piperazine rings is 1. The van der Waals surface area contributed by atoms with E-state index in [0.717, 1.165) is 44.0 Å². The zero-order valence-electron chi connectivity index (χ0n) is 13.6. The number of benzene rings is 1.